The van der Waals surface area contributed by atoms with Crippen molar-refractivity contribution >= 4 is 23.6 Å². The van der Waals surface area contributed by atoms with Crippen molar-refractivity contribution in [1.82, 2.24) is 4.90 Å². The average Bonchev–Trinajstić information content (AvgIpc) is 2.86. The summed E-state index contributed by atoms with van der Waals surface area (Å²) < 4.78 is 5.35. The van der Waals surface area contributed by atoms with E-state index in [4.69, 9.17) is 9.52 Å². The minimum absolute atomic E-state index is 0.215. The minimum atomic E-state index is -0.945. The smallest absolute Gasteiger partial charge is 0.326 e. The molecular formula is C12H15NO4S. The van der Waals surface area contributed by atoms with Gasteiger partial charge in [-0.25, -0.2) is 4.79 Å². The zero-order valence-corrected chi connectivity index (χ0v) is 10.9. The van der Waals surface area contributed by atoms with Gasteiger partial charge in [0, 0.05) is 6.54 Å². The van der Waals surface area contributed by atoms with Crippen LogP contribution in [-0.4, -0.2) is 40.7 Å². The van der Waals surface area contributed by atoms with Gasteiger partial charge >= 0.3 is 5.97 Å². The number of carboxylic acids is 1. The van der Waals surface area contributed by atoms with Crippen LogP contribution in [0.3, 0.4) is 0 Å². The normalized spacial score (nSPS) is 19.8. The Kier molecular flexibility index (Phi) is 3.96. The molecule has 0 saturated carbocycles. The highest BCUT2D eigenvalue weighted by Gasteiger charge is 2.33. The Balaban J connectivity index is 2.17. The van der Waals surface area contributed by atoms with Crippen LogP contribution in [0.2, 0.25) is 0 Å². The fourth-order valence-corrected chi connectivity index (χ4v) is 2.49. The molecule has 1 N–H and O–H groups in total. The van der Waals surface area contributed by atoms with E-state index in [0.717, 1.165) is 12.8 Å². The fraction of sp³-hybridized carbons (Fsp3) is 0.500. The lowest BCUT2D eigenvalue weighted by Gasteiger charge is -2.32. The number of carbonyl (C=O) groups is 2. The Bertz CT molecular complexity index is 457. The van der Waals surface area contributed by atoms with Gasteiger partial charge < -0.3 is 14.4 Å². The highest BCUT2D eigenvalue weighted by atomic mass is 32.2. The monoisotopic (exact) mass is 269 g/mol. The molecule has 1 aliphatic rings. The Morgan fingerprint density at radius 3 is 2.83 bits per heavy atom. The maximum atomic E-state index is 12.2. The van der Waals surface area contributed by atoms with E-state index in [-0.39, 0.29) is 11.7 Å². The standard InChI is InChI=1S/C12H15NO4S/c1-18-10-6-5-9(17-10)11(14)13-7-3-2-4-8(13)12(15)16/h5-6,8H,2-4,7H2,1H3,(H,15,16)/t8-/m1/s1. The third-order valence-electron chi connectivity index (χ3n) is 3.04. The first-order valence-corrected chi connectivity index (χ1v) is 7.03. The van der Waals surface area contributed by atoms with Crippen LogP contribution in [0.1, 0.15) is 29.8 Å². The van der Waals surface area contributed by atoms with Crippen molar-refractivity contribution in [2.75, 3.05) is 12.8 Å². The second kappa shape index (κ2) is 5.48. The van der Waals surface area contributed by atoms with Crippen molar-refractivity contribution in [3.63, 3.8) is 0 Å². The predicted molar refractivity (Wildman–Crippen MR) is 66.8 cm³/mol. The first-order valence-electron chi connectivity index (χ1n) is 5.81. The van der Waals surface area contributed by atoms with Crippen LogP contribution in [0.4, 0.5) is 0 Å². The van der Waals surface area contributed by atoms with E-state index in [1.165, 1.54) is 16.7 Å². The quantitative estimate of drug-likeness (QED) is 0.851. The number of carbonyl (C=O) groups excluding carboxylic acids is 1. The summed E-state index contributed by atoms with van der Waals surface area (Å²) in [6.45, 7) is 0.477. The number of amides is 1. The summed E-state index contributed by atoms with van der Waals surface area (Å²) in [7, 11) is 0. The summed E-state index contributed by atoms with van der Waals surface area (Å²) in [5.41, 5.74) is 0. The summed E-state index contributed by atoms with van der Waals surface area (Å²) >= 11 is 1.41. The van der Waals surface area contributed by atoms with E-state index in [1.54, 1.807) is 12.1 Å². The molecule has 0 spiro atoms. The molecule has 0 unspecified atom stereocenters. The topological polar surface area (TPSA) is 70.8 Å². The third kappa shape index (κ3) is 2.53. The molecule has 1 aromatic heterocycles. The molecule has 0 aromatic carbocycles. The third-order valence-corrected chi connectivity index (χ3v) is 3.66. The van der Waals surface area contributed by atoms with Crippen LogP contribution in [-0.2, 0) is 4.79 Å². The van der Waals surface area contributed by atoms with Crippen LogP contribution in [0.25, 0.3) is 0 Å². The fourth-order valence-electron chi connectivity index (χ4n) is 2.12. The molecular weight excluding hydrogens is 254 g/mol. The van der Waals surface area contributed by atoms with Crippen molar-refractivity contribution < 1.29 is 19.1 Å². The minimum Gasteiger partial charge on any atom is -0.480 e. The van der Waals surface area contributed by atoms with E-state index in [9.17, 15) is 9.59 Å². The summed E-state index contributed by atoms with van der Waals surface area (Å²) in [4.78, 5) is 24.7. The molecule has 0 bridgehead atoms. The number of furan rings is 1. The second-order valence-corrected chi connectivity index (χ2v) is 4.98. The number of rotatable bonds is 3. The van der Waals surface area contributed by atoms with Gasteiger partial charge in [0.15, 0.2) is 10.9 Å². The van der Waals surface area contributed by atoms with Gasteiger partial charge in [0.2, 0.25) is 0 Å². The predicted octanol–water partition coefficient (Wildman–Crippen LogP) is 2.08. The van der Waals surface area contributed by atoms with Gasteiger partial charge in [-0.1, -0.05) is 11.8 Å². The molecule has 98 valence electrons. The van der Waals surface area contributed by atoms with Gasteiger partial charge in [0.25, 0.3) is 5.91 Å². The molecule has 0 aliphatic carbocycles. The van der Waals surface area contributed by atoms with E-state index in [0.29, 0.717) is 18.1 Å². The lowest BCUT2D eigenvalue weighted by atomic mass is 10.0. The molecule has 5 nitrogen and oxygen atoms in total. The molecule has 2 heterocycles. The number of thioether (sulfide) groups is 1. The van der Waals surface area contributed by atoms with Gasteiger partial charge in [-0.15, -0.1) is 0 Å². The molecule has 0 radical (unpaired) electrons. The highest BCUT2D eigenvalue weighted by molar-refractivity contribution is 7.98. The first-order chi connectivity index (χ1) is 8.63. The van der Waals surface area contributed by atoms with Crippen LogP contribution >= 0.6 is 11.8 Å². The van der Waals surface area contributed by atoms with Gasteiger partial charge in [-0.2, -0.15) is 0 Å². The van der Waals surface area contributed by atoms with Crippen LogP contribution in [0, 0.1) is 0 Å². The molecule has 1 fully saturated rings. The molecule has 1 amide bonds. The number of hydrogen-bond donors (Lipinski definition) is 1. The largest absolute Gasteiger partial charge is 0.480 e. The van der Waals surface area contributed by atoms with Gasteiger partial charge in [0.05, 0.1) is 0 Å². The van der Waals surface area contributed by atoms with Gasteiger partial charge in [-0.05, 0) is 37.7 Å². The Labute approximate surface area is 109 Å². The van der Waals surface area contributed by atoms with E-state index in [1.807, 2.05) is 6.26 Å². The maximum Gasteiger partial charge on any atom is 0.326 e. The van der Waals surface area contributed by atoms with E-state index >= 15 is 0 Å². The molecule has 18 heavy (non-hydrogen) atoms. The lowest BCUT2D eigenvalue weighted by Crippen LogP contribution is -2.47. The SMILES string of the molecule is CSc1ccc(C(=O)N2CCCC[C@@H]2C(=O)O)o1. The van der Waals surface area contributed by atoms with Crippen molar-refractivity contribution in [2.45, 2.75) is 30.4 Å². The Morgan fingerprint density at radius 2 is 2.22 bits per heavy atom. The molecule has 2 rings (SSSR count). The van der Waals surface area contributed by atoms with Crippen molar-refractivity contribution in [3.05, 3.63) is 17.9 Å². The van der Waals surface area contributed by atoms with Gasteiger partial charge in [-0.3, -0.25) is 4.79 Å². The van der Waals surface area contributed by atoms with E-state index in [2.05, 4.69) is 0 Å². The Morgan fingerprint density at radius 1 is 1.44 bits per heavy atom. The highest BCUT2D eigenvalue weighted by Crippen LogP contribution is 2.23. The molecule has 1 aromatic rings. The molecule has 1 atom stereocenters. The van der Waals surface area contributed by atoms with Crippen molar-refractivity contribution in [3.8, 4) is 0 Å². The van der Waals surface area contributed by atoms with Crippen LogP contribution in [0.15, 0.2) is 21.6 Å². The van der Waals surface area contributed by atoms with Crippen molar-refractivity contribution in [2.24, 2.45) is 0 Å². The lowest BCUT2D eigenvalue weighted by molar-refractivity contribution is -0.143. The molecule has 6 heteroatoms. The number of piperidine rings is 1. The number of carboxylic acid groups (broad SMARTS) is 1. The summed E-state index contributed by atoms with van der Waals surface area (Å²) in [5, 5.41) is 9.78. The summed E-state index contributed by atoms with van der Waals surface area (Å²) in [6, 6.07) is 2.59. The first kappa shape index (κ1) is 13.0. The van der Waals surface area contributed by atoms with E-state index < -0.39 is 12.0 Å². The molecule has 1 aliphatic heterocycles. The zero-order valence-electron chi connectivity index (χ0n) is 10.1. The zero-order chi connectivity index (χ0) is 13.1. The summed E-state index contributed by atoms with van der Waals surface area (Å²) in [5.74, 6) is -1.06. The number of aliphatic carboxylic acids is 1. The second-order valence-electron chi connectivity index (χ2n) is 4.17. The molecule has 1 saturated heterocycles. The summed E-state index contributed by atoms with van der Waals surface area (Å²) in [6.07, 6.45) is 4.05. The number of nitrogens with zero attached hydrogens (tertiary/aromatic N) is 1. The van der Waals surface area contributed by atoms with Crippen LogP contribution in [0.5, 0.6) is 0 Å². The van der Waals surface area contributed by atoms with Gasteiger partial charge in [0.1, 0.15) is 6.04 Å². The Hall–Kier alpha value is -1.43. The number of likely N-dealkylation sites (tertiary alicyclic amines) is 1. The number of hydrogen-bond acceptors (Lipinski definition) is 4. The van der Waals surface area contributed by atoms with Crippen molar-refractivity contribution in [1.29, 1.82) is 0 Å². The van der Waals surface area contributed by atoms with Crippen LogP contribution < -0.4 is 0 Å². The maximum absolute atomic E-state index is 12.2. The average molecular weight is 269 g/mol.